The molecule has 0 saturated carbocycles. The van der Waals surface area contributed by atoms with E-state index >= 15 is 0 Å². The first-order valence-electron chi connectivity index (χ1n) is 5.16. The second-order valence-electron chi connectivity index (χ2n) is 3.57. The summed E-state index contributed by atoms with van der Waals surface area (Å²) in [7, 11) is 0. The van der Waals surface area contributed by atoms with Crippen LogP contribution in [0.5, 0.6) is 11.5 Å². The van der Waals surface area contributed by atoms with Gasteiger partial charge in [-0.3, -0.25) is 4.98 Å². The Morgan fingerprint density at radius 1 is 1.37 bits per heavy atom. The summed E-state index contributed by atoms with van der Waals surface area (Å²) in [4.78, 5) is 3.92. The van der Waals surface area contributed by atoms with Crippen molar-refractivity contribution in [1.29, 1.82) is 0 Å². The molecular weight excluding hydrogens is 334 g/mol. The van der Waals surface area contributed by atoms with Gasteiger partial charge in [0.15, 0.2) is 5.84 Å². The van der Waals surface area contributed by atoms with Crippen molar-refractivity contribution in [3.05, 3.63) is 51.7 Å². The van der Waals surface area contributed by atoms with E-state index in [1.54, 1.807) is 24.3 Å². The molecule has 0 radical (unpaired) electrons. The van der Waals surface area contributed by atoms with Gasteiger partial charge < -0.3 is 15.7 Å². The SMILES string of the molecule is N/C(=N/O)c1ccc(Br)cc1Oc1cncc(Cl)c1. The molecule has 1 aromatic carbocycles. The van der Waals surface area contributed by atoms with Crippen molar-refractivity contribution < 1.29 is 9.94 Å². The van der Waals surface area contributed by atoms with Crippen LogP contribution in [0.3, 0.4) is 0 Å². The zero-order valence-corrected chi connectivity index (χ0v) is 11.9. The summed E-state index contributed by atoms with van der Waals surface area (Å²) in [6.07, 6.45) is 3.02. The van der Waals surface area contributed by atoms with Gasteiger partial charge in [0.25, 0.3) is 0 Å². The standard InChI is InChI=1S/C12H9BrClN3O2/c13-7-1-2-10(12(15)17-18)11(3-7)19-9-4-8(14)5-16-6-9/h1-6,18H,(H2,15,17). The molecule has 19 heavy (non-hydrogen) atoms. The van der Waals surface area contributed by atoms with Crippen LogP contribution in [0.15, 0.2) is 46.3 Å². The van der Waals surface area contributed by atoms with Crippen molar-refractivity contribution in [2.75, 3.05) is 0 Å². The lowest BCUT2D eigenvalue weighted by Gasteiger charge is -2.10. The Bertz CT molecular complexity index is 634. The van der Waals surface area contributed by atoms with Gasteiger partial charge in [-0.1, -0.05) is 32.7 Å². The third-order valence-corrected chi connectivity index (χ3v) is 2.93. The molecule has 0 bridgehead atoms. The van der Waals surface area contributed by atoms with E-state index in [1.807, 2.05) is 0 Å². The predicted octanol–water partition coefficient (Wildman–Crippen LogP) is 3.38. The maximum Gasteiger partial charge on any atom is 0.173 e. The molecule has 2 aromatic rings. The van der Waals surface area contributed by atoms with Crippen molar-refractivity contribution >= 4 is 33.4 Å². The molecule has 0 saturated heterocycles. The summed E-state index contributed by atoms with van der Waals surface area (Å²) in [6.45, 7) is 0. The second kappa shape index (κ2) is 5.90. The fraction of sp³-hybridized carbons (Fsp3) is 0. The Labute approximate surface area is 122 Å². The number of aromatic nitrogens is 1. The van der Waals surface area contributed by atoms with Crippen LogP contribution >= 0.6 is 27.5 Å². The summed E-state index contributed by atoms with van der Waals surface area (Å²) in [5.41, 5.74) is 6.06. The zero-order chi connectivity index (χ0) is 13.8. The van der Waals surface area contributed by atoms with Crippen molar-refractivity contribution in [2.45, 2.75) is 0 Å². The van der Waals surface area contributed by atoms with Gasteiger partial charge in [-0.2, -0.15) is 0 Å². The lowest BCUT2D eigenvalue weighted by Crippen LogP contribution is -2.14. The third kappa shape index (κ3) is 3.36. The Kier molecular flexibility index (Phi) is 4.24. The largest absolute Gasteiger partial charge is 0.455 e. The first-order valence-corrected chi connectivity index (χ1v) is 6.33. The monoisotopic (exact) mass is 341 g/mol. The van der Waals surface area contributed by atoms with Gasteiger partial charge in [0, 0.05) is 16.7 Å². The minimum absolute atomic E-state index is 0.0440. The summed E-state index contributed by atoms with van der Waals surface area (Å²) >= 11 is 9.16. The minimum atomic E-state index is -0.0440. The molecule has 0 spiro atoms. The van der Waals surface area contributed by atoms with E-state index in [0.29, 0.717) is 22.1 Å². The number of rotatable bonds is 3. The number of hydrogen-bond donors (Lipinski definition) is 2. The summed E-state index contributed by atoms with van der Waals surface area (Å²) in [5, 5.41) is 12.2. The average Bonchev–Trinajstić information content (AvgIpc) is 2.38. The van der Waals surface area contributed by atoms with Gasteiger partial charge in [-0.15, -0.1) is 0 Å². The number of benzene rings is 1. The molecule has 7 heteroatoms. The van der Waals surface area contributed by atoms with Gasteiger partial charge in [-0.25, -0.2) is 0 Å². The highest BCUT2D eigenvalue weighted by Crippen LogP contribution is 2.29. The number of amidine groups is 1. The fourth-order valence-corrected chi connectivity index (χ4v) is 1.93. The molecule has 1 aromatic heterocycles. The molecule has 0 unspecified atom stereocenters. The Hall–Kier alpha value is -1.79. The van der Waals surface area contributed by atoms with Crippen LogP contribution in [0, 0.1) is 0 Å². The molecule has 0 aliphatic heterocycles. The highest BCUT2D eigenvalue weighted by Gasteiger charge is 2.10. The fourth-order valence-electron chi connectivity index (χ4n) is 1.42. The highest BCUT2D eigenvalue weighted by molar-refractivity contribution is 9.10. The summed E-state index contributed by atoms with van der Waals surface area (Å²) in [6, 6.07) is 6.75. The van der Waals surface area contributed by atoms with Crippen LogP contribution in [0.2, 0.25) is 5.02 Å². The van der Waals surface area contributed by atoms with E-state index in [9.17, 15) is 0 Å². The number of ether oxygens (including phenoxy) is 1. The third-order valence-electron chi connectivity index (χ3n) is 2.23. The van der Waals surface area contributed by atoms with Gasteiger partial charge in [0.05, 0.1) is 16.8 Å². The van der Waals surface area contributed by atoms with Crippen LogP contribution < -0.4 is 10.5 Å². The second-order valence-corrected chi connectivity index (χ2v) is 4.92. The van der Waals surface area contributed by atoms with Crippen LogP contribution in [-0.2, 0) is 0 Å². The molecule has 0 aliphatic rings. The van der Waals surface area contributed by atoms with Crippen molar-refractivity contribution in [1.82, 2.24) is 4.98 Å². The molecule has 98 valence electrons. The first-order chi connectivity index (χ1) is 9.10. The lowest BCUT2D eigenvalue weighted by atomic mass is 10.2. The molecule has 3 N–H and O–H groups in total. The predicted molar refractivity (Wildman–Crippen MR) is 76.0 cm³/mol. The van der Waals surface area contributed by atoms with Crippen molar-refractivity contribution in [3.63, 3.8) is 0 Å². The number of halogens is 2. The quantitative estimate of drug-likeness (QED) is 0.388. The number of hydrogen-bond acceptors (Lipinski definition) is 4. The van der Waals surface area contributed by atoms with Gasteiger partial charge in [-0.05, 0) is 18.2 Å². The molecule has 0 amide bonds. The maximum absolute atomic E-state index is 8.75. The number of nitrogens with two attached hydrogens (primary N) is 1. The van der Waals surface area contributed by atoms with Crippen LogP contribution in [-0.4, -0.2) is 16.0 Å². The van der Waals surface area contributed by atoms with Crippen molar-refractivity contribution in [3.8, 4) is 11.5 Å². The minimum Gasteiger partial charge on any atom is -0.455 e. The normalized spacial score (nSPS) is 11.4. The Morgan fingerprint density at radius 2 is 2.16 bits per heavy atom. The highest BCUT2D eigenvalue weighted by atomic mass is 79.9. The topological polar surface area (TPSA) is 80.7 Å². The Balaban J connectivity index is 2.41. The summed E-state index contributed by atoms with van der Waals surface area (Å²) in [5.74, 6) is 0.837. The molecule has 0 atom stereocenters. The van der Waals surface area contributed by atoms with Gasteiger partial charge in [0.2, 0.25) is 0 Å². The smallest absolute Gasteiger partial charge is 0.173 e. The average molecular weight is 343 g/mol. The molecule has 0 fully saturated rings. The van der Waals surface area contributed by atoms with E-state index in [4.69, 9.17) is 27.3 Å². The molecule has 0 aliphatic carbocycles. The zero-order valence-electron chi connectivity index (χ0n) is 9.55. The van der Waals surface area contributed by atoms with E-state index in [2.05, 4.69) is 26.1 Å². The van der Waals surface area contributed by atoms with Crippen LogP contribution in [0.25, 0.3) is 0 Å². The molecular formula is C12H9BrClN3O2. The number of nitrogens with zero attached hydrogens (tertiary/aromatic N) is 2. The van der Waals surface area contributed by atoms with E-state index in [0.717, 1.165) is 4.47 Å². The van der Waals surface area contributed by atoms with Crippen LogP contribution in [0.4, 0.5) is 0 Å². The number of pyridine rings is 1. The number of oxime groups is 1. The molecule has 5 nitrogen and oxygen atoms in total. The van der Waals surface area contributed by atoms with Gasteiger partial charge >= 0.3 is 0 Å². The van der Waals surface area contributed by atoms with E-state index in [-0.39, 0.29) is 5.84 Å². The van der Waals surface area contributed by atoms with Gasteiger partial charge in [0.1, 0.15) is 11.5 Å². The summed E-state index contributed by atoms with van der Waals surface area (Å²) < 4.78 is 6.44. The molecule has 1 heterocycles. The Morgan fingerprint density at radius 3 is 2.84 bits per heavy atom. The maximum atomic E-state index is 8.75. The molecule has 2 rings (SSSR count). The lowest BCUT2D eigenvalue weighted by molar-refractivity contribution is 0.318. The van der Waals surface area contributed by atoms with Crippen LogP contribution in [0.1, 0.15) is 5.56 Å². The first kappa shape index (κ1) is 13.6. The van der Waals surface area contributed by atoms with E-state index in [1.165, 1.54) is 12.4 Å². The van der Waals surface area contributed by atoms with E-state index < -0.39 is 0 Å². The van der Waals surface area contributed by atoms with Crippen molar-refractivity contribution in [2.24, 2.45) is 10.9 Å².